The van der Waals surface area contributed by atoms with E-state index in [1.807, 2.05) is 59.7 Å². The van der Waals surface area contributed by atoms with Crippen LogP contribution in [0.4, 0.5) is 0 Å². The van der Waals surface area contributed by atoms with Gasteiger partial charge >= 0.3 is 5.97 Å². The number of rotatable bonds is 17. The Morgan fingerprint density at radius 2 is 1.63 bits per heavy atom. The van der Waals surface area contributed by atoms with E-state index >= 15 is 0 Å². The summed E-state index contributed by atoms with van der Waals surface area (Å²) in [6, 6.07) is 23.0. The number of nitrogens with one attached hydrogen (secondary N) is 2. The zero-order chi connectivity index (χ0) is 29.6. The Hall–Kier alpha value is -3.01. The molecule has 41 heavy (non-hydrogen) atoms. The highest BCUT2D eigenvalue weighted by Gasteiger charge is 2.25. The topological polar surface area (TPSA) is 98.7 Å². The van der Waals surface area contributed by atoms with Gasteiger partial charge in [0.05, 0.1) is 12.3 Å². The highest BCUT2D eigenvalue weighted by Crippen LogP contribution is 2.21. The molecule has 3 rings (SSSR count). The van der Waals surface area contributed by atoms with E-state index in [-0.39, 0.29) is 30.3 Å². The van der Waals surface area contributed by atoms with E-state index in [0.29, 0.717) is 31.0 Å². The lowest BCUT2D eigenvalue weighted by Gasteiger charge is -2.31. The van der Waals surface area contributed by atoms with E-state index in [0.717, 1.165) is 27.7 Å². The van der Waals surface area contributed by atoms with Gasteiger partial charge in [-0.3, -0.25) is 14.5 Å². The summed E-state index contributed by atoms with van der Waals surface area (Å²) in [5.74, 6) is -0.314. The third kappa shape index (κ3) is 10.7. The molecule has 0 aliphatic heterocycles. The highest BCUT2D eigenvalue weighted by molar-refractivity contribution is 8.00. The molecule has 3 aromatic rings. The lowest BCUT2D eigenvalue weighted by Crippen LogP contribution is -2.51. The van der Waals surface area contributed by atoms with Gasteiger partial charge in [0.1, 0.15) is 6.04 Å². The first kappa shape index (κ1) is 32.5. The van der Waals surface area contributed by atoms with Crippen molar-refractivity contribution in [1.82, 2.24) is 15.5 Å². The number of fused-ring (bicyclic) bond motifs is 1. The smallest absolute Gasteiger partial charge is 0.326 e. The molecule has 0 saturated carbocycles. The Balaban J connectivity index is 1.79. The van der Waals surface area contributed by atoms with Gasteiger partial charge in [0.2, 0.25) is 11.8 Å². The fourth-order valence-corrected chi connectivity index (χ4v) is 5.84. The molecule has 0 unspecified atom stereocenters. The molecule has 3 atom stereocenters. The Morgan fingerprint density at radius 3 is 2.34 bits per heavy atom. The molecule has 0 aromatic heterocycles. The first-order valence-electron chi connectivity index (χ1n) is 14.0. The second-order valence-corrected chi connectivity index (χ2v) is 12.2. The van der Waals surface area contributed by atoms with E-state index < -0.39 is 12.0 Å². The summed E-state index contributed by atoms with van der Waals surface area (Å²) in [7, 11) is 0. The number of thioether (sulfide) groups is 2. The van der Waals surface area contributed by atoms with Crippen LogP contribution in [0.3, 0.4) is 0 Å². The highest BCUT2D eigenvalue weighted by atomic mass is 32.2. The van der Waals surface area contributed by atoms with E-state index in [1.54, 1.807) is 11.8 Å². The fourth-order valence-electron chi connectivity index (χ4n) is 4.64. The number of hydrogen-bond acceptors (Lipinski definition) is 6. The van der Waals surface area contributed by atoms with Crippen molar-refractivity contribution in [2.24, 2.45) is 5.92 Å². The van der Waals surface area contributed by atoms with Crippen LogP contribution < -0.4 is 10.6 Å². The van der Waals surface area contributed by atoms with Crippen LogP contribution in [0.15, 0.2) is 77.7 Å². The van der Waals surface area contributed by atoms with Crippen LogP contribution in [-0.2, 0) is 20.9 Å². The molecule has 0 heterocycles. The Labute approximate surface area is 251 Å². The summed E-state index contributed by atoms with van der Waals surface area (Å²) in [6.07, 6.45) is 3.13. The SMILES string of the molecule is CC[C@H](C)[C@@H](CN(CC(=O)N[C@@H](CCSC)C(=O)O)Cc1cccc2ccccc12)NC(=O)CSc1ccccc1. The van der Waals surface area contributed by atoms with Crippen molar-refractivity contribution in [3.05, 3.63) is 78.4 Å². The Morgan fingerprint density at radius 1 is 0.927 bits per heavy atom. The van der Waals surface area contributed by atoms with Crippen LogP contribution in [-0.4, -0.2) is 70.7 Å². The van der Waals surface area contributed by atoms with Gasteiger partial charge in [-0.1, -0.05) is 80.9 Å². The lowest BCUT2D eigenvalue weighted by atomic mass is 9.97. The predicted molar refractivity (Wildman–Crippen MR) is 170 cm³/mol. The molecular weight excluding hydrogens is 555 g/mol. The lowest BCUT2D eigenvalue weighted by molar-refractivity contribution is -0.142. The van der Waals surface area contributed by atoms with E-state index in [4.69, 9.17) is 0 Å². The number of aliphatic carboxylic acids is 1. The zero-order valence-electron chi connectivity index (χ0n) is 24.0. The summed E-state index contributed by atoms with van der Waals surface area (Å²) >= 11 is 3.04. The zero-order valence-corrected chi connectivity index (χ0v) is 25.7. The standard InChI is InChI=1S/C32H41N3O4S2/c1-4-23(2)29(34-31(37)22-41-26-14-6-5-7-15-26)20-35(21-30(36)33-28(32(38)39)17-18-40-3)19-25-13-10-12-24-11-8-9-16-27(24)25/h5-16,23,28-29H,4,17-22H2,1-3H3,(H,33,36)(H,34,37)(H,38,39)/t23-,28-,29+/m0/s1. The predicted octanol–water partition coefficient (Wildman–Crippen LogP) is 5.29. The number of carboxylic acids is 1. The average Bonchev–Trinajstić information content (AvgIpc) is 2.98. The van der Waals surface area contributed by atoms with E-state index in [1.165, 1.54) is 11.8 Å². The van der Waals surface area contributed by atoms with Crippen molar-refractivity contribution in [3.63, 3.8) is 0 Å². The molecule has 0 saturated heterocycles. The second kappa shape index (κ2) is 17.1. The molecule has 220 valence electrons. The maximum absolute atomic E-state index is 13.2. The Bertz CT molecular complexity index is 1270. The van der Waals surface area contributed by atoms with E-state index in [2.05, 4.69) is 48.7 Å². The Kier molecular flexibility index (Phi) is 13.5. The third-order valence-electron chi connectivity index (χ3n) is 7.13. The van der Waals surface area contributed by atoms with Gasteiger partial charge in [0.25, 0.3) is 0 Å². The van der Waals surface area contributed by atoms with Crippen molar-refractivity contribution in [2.45, 2.75) is 50.2 Å². The molecule has 0 aliphatic carbocycles. The van der Waals surface area contributed by atoms with Gasteiger partial charge in [-0.2, -0.15) is 11.8 Å². The van der Waals surface area contributed by atoms with Crippen LogP contribution in [0.5, 0.6) is 0 Å². The molecule has 0 fully saturated rings. The molecular formula is C32H41N3O4S2. The van der Waals surface area contributed by atoms with Gasteiger partial charge < -0.3 is 15.7 Å². The van der Waals surface area contributed by atoms with Crippen LogP contribution in [0.1, 0.15) is 32.3 Å². The van der Waals surface area contributed by atoms with Gasteiger partial charge in [0, 0.05) is 24.0 Å². The first-order chi connectivity index (χ1) is 19.8. The quantitative estimate of drug-likeness (QED) is 0.183. The number of carbonyl (C=O) groups is 3. The molecule has 0 aliphatic rings. The van der Waals surface area contributed by atoms with Crippen LogP contribution in [0.25, 0.3) is 10.8 Å². The molecule has 3 N–H and O–H groups in total. The van der Waals surface area contributed by atoms with Crippen molar-refractivity contribution in [1.29, 1.82) is 0 Å². The molecule has 3 aromatic carbocycles. The molecule has 0 radical (unpaired) electrons. The average molecular weight is 596 g/mol. The normalized spacial score (nSPS) is 13.5. The molecule has 0 bridgehead atoms. The van der Waals surface area contributed by atoms with Crippen molar-refractivity contribution in [2.75, 3.05) is 30.9 Å². The van der Waals surface area contributed by atoms with Gasteiger partial charge in [0.15, 0.2) is 0 Å². The molecule has 7 nitrogen and oxygen atoms in total. The van der Waals surface area contributed by atoms with Gasteiger partial charge in [-0.05, 0) is 52.8 Å². The van der Waals surface area contributed by atoms with Crippen molar-refractivity contribution < 1.29 is 19.5 Å². The minimum Gasteiger partial charge on any atom is -0.480 e. The van der Waals surface area contributed by atoms with E-state index in [9.17, 15) is 19.5 Å². The maximum atomic E-state index is 13.2. The summed E-state index contributed by atoms with van der Waals surface area (Å²) in [5, 5.41) is 17.8. The number of benzene rings is 3. The molecule has 2 amide bonds. The number of carbonyl (C=O) groups excluding carboxylic acids is 2. The fraction of sp³-hybridized carbons (Fsp3) is 0.406. The number of amides is 2. The first-order valence-corrected chi connectivity index (χ1v) is 16.4. The van der Waals surface area contributed by atoms with Crippen LogP contribution >= 0.6 is 23.5 Å². The summed E-state index contributed by atoms with van der Waals surface area (Å²) in [6.45, 7) is 5.16. The number of hydrogen-bond donors (Lipinski definition) is 3. The maximum Gasteiger partial charge on any atom is 0.326 e. The second-order valence-electron chi connectivity index (χ2n) is 10.2. The number of nitrogens with zero attached hydrogens (tertiary/aromatic N) is 1. The van der Waals surface area contributed by atoms with Crippen LogP contribution in [0, 0.1) is 5.92 Å². The van der Waals surface area contributed by atoms with Crippen molar-refractivity contribution in [3.8, 4) is 0 Å². The van der Waals surface area contributed by atoms with Gasteiger partial charge in [-0.15, -0.1) is 11.8 Å². The molecule has 0 spiro atoms. The number of carboxylic acid groups (broad SMARTS) is 1. The van der Waals surface area contributed by atoms with Crippen LogP contribution in [0.2, 0.25) is 0 Å². The van der Waals surface area contributed by atoms with Gasteiger partial charge in [-0.25, -0.2) is 4.79 Å². The summed E-state index contributed by atoms with van der Waals surface area (Å²) < 4.78 is 0. The van der Waals surface area contributed by atoms with Crippen molar-refractivity contribution >= 4 is 52.1 Å². The minimum atomic E-state index is -1.03. The largest absolute Gasteiger partial charge is 0.480 e. The minimum absolute atomic E-state index is 0.0217. The third-order valence-corrected chi connectivity index (χ3v) is 8.79. The summed E-state index contributed by atoms with van der Waals surface area (Å²) in [5.41, 5.74) is 1.07. The summed E-state index contributed by atoms with van der Waals surface area (Å²) in [4.78, 5) is 41.0. The monoisotopic (exact) mass is 595 g/mol. The molecule has 9 heteroatoms.